The van der Waals surface area contributed by atoms with Crippen molar-refractivity contribution in [1.29, 1.82) is 0 Å². The van der Waals surface area contributed by atoms with E-state index in [1.807, 2.05) is 18.0 Å². The van der Waals surface area contributed by atoms with Gasteiger partial charge >= 0.3 is 0 Å². The fourth-order valence-corrected chi connectivity index (χ4v) is 3.09. The molecule has 1 aliphatic heterocycles. The molecular weight excluding hydrogens is 308 g/mol. The van der Waals surface area contributed by atoms with E-state index in [1.54, 1.807) is 16.9 Å². The molecule has 1 fully saturated rings. The van der Waals surface area contributed by atoms with Gasteiger partial charge in [0.25, 0.3) is 5.91 Å². The molecule has 3 N–H and O–H groups in total. The van der Waals surface area contributed by atoms with E-state index >= 15 is 0 Å². The number of carbonyl (C=O) groups is 2. The molecule has 0 aromatic carbocycles. The van der Waals surface area contributed by atoms with Crippen molar-refractivity contribution in [3.05, 3.63) is 35.4 Å². The van der Waals surface area contributed by atoms with E-state index in [4.69, 9.17) is 5.73 Å². The third-order valence-electron chi connectivity index (χ3n) is 4.38. The third-order valence-corrected chi connectivity index (χ3v) is 4.38. The van der Waals surface area contributed by atoms with Gasteiger partial charge in [0.15, 0.2) is 0 Å². The van der Waals surface area contributed by atoms with Crippen LogP contribution in [0.5, 0.6) is 0 Å². The summed E-state index contributed by atoms with van der Waals surface area (Å²) in [4.78, 5) is 25.5. The minimum atomic E-state index is -0.546. The number of aryl methyl sites for hydroxylation is 2. The Hall–Kier alpha value is -2.64. The highest BCUT2D eigenvalue weighted by molar-refractivity contribution is 5.90. The monoisotopic (exact) mass is 330 g/mol. The van der Waals surface area contributed by atoms with Gasteiger partial charge in [-0.2, -0.15) is 10.2 Å². The van der Waals surface area contributed by atoms with Crippen LogP contribution in [0.25, 0.3) is 0 Å². The van der Waals surface area contributed by atoms with E-state index in [9.17, 15) is 9.59 Å². The van der Waals surface area contributed by atoms with Crippen molar-refractivity contribution in [3.8, 4) is 0 Å². The molecule has 1 aliphatic rings. The van der Waals surface area contributed by atoms with Crippen molar-refractivity contribution < 1.29 is 9.59 Å². The molecule has 0 radical (unpaired) electrons. The number of rotatable bonds is 5. The van der Waals surface area contributed by atoms with Gasteiger partial charge in [0.2, 0.25) is 5.91 Å². The maximum atomic E-state index is 12.5. The lowest BCUT2D eigenvalue weighted by molar-refractivity contribution is -0.132. The lowest BCUT2D eigenvalue weighted by Crippen LogP contribution is -2.39. The maximum absolute atomic E-state index is 12.5. The first-order valence-corrected chi connectivity index (χ1v) is 8.15. The second-order valence-corrected chi connectivity index (χ2v) is 6.28. The van der Waals surface area contributed by atoms with Gasteiger partial charge < -0.3 is 10.6 Å². The van der Waals surface area contributed by atoms with Gasteiger partial charge in [-0.05, 0) is 31.4 Å². The van der Waals surface area contributed by atoms with Crippen LogP contribution in [0, 0.1) is 6.92 Å². The van der Waals surface area contributed by atoms with Gasteiger partial charge in [0, 0.05) is 43.9 Å². The molecule has 2 amide bonds. The number of aromatic nitrogens is 4. The van der Waals surface area contributed by atoms with Gasteiger partial charge in [0.1, 0.15) is 5.69 Å². The van der Waals surface area contributed by atoms with Crippen molar-refractivity contribution in [2.24, 2.45) is 5.73 Å². The highest BCUT2D eigenvalue weighted by atomic mass is 16.2. The molecule has 0 unspecified atom stereocenters. The highest BCUT2D eigenvalue weighted by Crippen LogP contribution is 2.26. The lowest BCUT2D eigenvalue weighted by Gasteiger charge is -2.32. The molecule has 2 aromatic rings. The molecule has 3 heterocycles. The van der Waals surface area contributed by atoms with Gasteiger partial charge in [-0.1, -0.05) is 0 Å². The van der Waals surface area contributed by atoms with E-state index in [0.29, 0.717) is 19.5 Å². The molecule has 0 bridgehead atoms. The Balaban J connectivity index is 1.57. The quantitative estimate of drug-likeness (QED) is 0.845. The summed E-state index contributed by atoms with van der Waals surface area (Å²) < 4.78 is 1.79. The molecular formula is C16H22N6O2. The number of hydrogen-bond donors (Lipinski definition) is 2. The van der Waals surface area contributed by atoms with E-state index in [-0.39, 0.29) is 17.5 Å². The van der Waals surface area contributed by atoms with Crippen LogP contribution in [-0.4, -0.2) is 49.8 Å². The number of nitrogens with zero attached hydrogens (tertiary/aromatic N) is 4. The lowest BCUT2D eigenvalue weighted by atomic mass is 9.94. The van der Waals surface area contributed by atoms with Crippen molar-refractivity contribution in [2.45, 2.75) is 38.6 Å². The number of hydrogen-bond acceptors (Lipinski definition) is 4. The number of amides is 2. The Labute approximate surface area is 140 Å². The van der Waals surface area contributed by atoms with Crippen molar-refractivity contribution in [1.82, 2.24) is 24.9 Å². The van der Waals surface area contributed by atoms with Crippen LogP contribution in [0.3, 0.4) is 0 Å². The number of likely N-dealkylation sites (tertiary alicyclic amines) is 1. The summed E-state index contributed by atoms with van der Waals surface area (Å²) in [5.41, 5.74) is 7.43. The summed E-state index contributed by atoms with van der Waals surface area (Å²) in [5, 5.41) is 11.0. The molecule has 0 spiro atoms. The molecule has 8 nitrogen and oxygen atoms in total. The van der Waals surface area contributed by atoms with Crippen LogP contribution in [0.4, 0.5) is 0 Å². The fraction of sp³-hybridized carbons (Fsp3) is 0.500. The van der Waals surface area contributed by atoms with E-state index in [2.05, 4.69) is 15.3 Å². The van der Waals surface area contributed by atoms with Crippen LogP contribution in [0.2, 0.25) is 0 Å². The summed E-state index contributed by atoms with van der Waals surface area (Å²) >= 11 is 0. The topological polar surface area (TPSA) is 110 Å². The van der Waals surface area contributed by atoms with Crippen LogP contribution >= 0.6 is 0 Å². The maximum Gasteiger partial charge on any atom is 0.269 e. The fourth-order valence-electron chi connectivity index (χ4n) is 3.09. The Morgan fingerprint density at radius 2 is 2.29 bits per heavy atom. The second kappa shape index (κ2) is 6.86. The van der Waals surface area contributed by atoms with E-state index in [1.165, 1.54) is 0 Å². The Bertz CT molecular complexity index is 735. The van der Waals surface area contributed by atoms with Crippen LogP contribution in [0.15, 0.2) is 18.5 Å². The molecule has 2 aromatic heterocycles. The number of piperidine rings is 1. The summed E-state index contributed by atoms with van der Waals surface area (Å²) in [6.07, 6.45) is 6.05. The van der Waals surface area contributed by atoms with Crippen molar-refractivity contribution in [2.75, 3.05) is 13.1 Å². The third kappa shape index (κ3) is 3.64. The first kappa shape index (κ1) is 16.2. The van der Waals surface area contributed by atoms with Gasteiger partial charge in [0.05, 0.1) is 6.20 Å². The van der Waals surface area contributed by atoms with Gasteiger partial charge in [-0.3, -0.25) is 19.4 Å². The van der Waals surface area contributed by atoms with Crippen LogP contribution < -0.4 is 5.73 Å². The predicted octanol–water partition coefficient (Wildman–Crippen LogP) is 0.810. The minimum Gasteiger partial charge on any atom is -0.364 e. The molecule has 24 heavy (non-hydrogen) atoms. The number of aromatic amines is 1. The van der Waals surface area contributed by atoms with Crippen molar-refractivity contribution in [3.63, 3.8) is 0 Å². The summed E-state index contributed by atoms with van der Waals surface area (Å²) in [5.74, 6) is -0.256. The zero-order valence-corrected chi connectivity index (χ0v) is 13.7. The summed E-state index contributed by atoms with van der Waals surface area (Å²) in [6.45, 7) is 3.97. The Kier molecular flexibility index (Phi) is 4.64. The zero-order chi connectivity index (χ0) is 17.1. The number of carbonyl (C=O) groups excluding carboxylic acids is 2. The molecule has 0 saturated carbocycles. The predicted molar refractivity (Wildman–Crippen MR) is 87.2 cm³/mol. The van der Waals surface area contributed by atoms with Crippen LogP contribution in [-0.2, 0) is 11.3 Å². The smallest absolute Gasteiger partial charge is 0.269 e. The first-order valence-electron chi connectivity index (χ1n) is 8.15. The number of primary amides is 1. The molecule has 1 saturated heterocycles. The Morgan fingerprint density at radius 3 is 2.96 bits per heavy atom. The molecule has 0 aliphatic carbocycles. The summed E-state index contributed by atoms with van der Waals surface area (Å²) in [7, 11) is 0. The average molecular weight is 330 g/mol. The van der Waals surface area contributed by atoms with E-state index in [0.717, 1.165) is 30.6 Å². The molecule has 3 rings (SSSR count). The molecule has 8 heteroatoms. The number of H-pyrrole nitrogens is 1. The standard InChI is InChI=1S/C16H22N6O2/c1-11-8-18-22(9-11)6-4-15(23)21-5-2-3-12(10-21)13-7-14(16(17)24)20-19-13/h7-9,12H,2-6,10H2,1H3,(H2,17,24)(H,19,20)/t12-/m1/s1. The van der Waals surface area contributed by atoms with Gasteiger partial charge in [-0.15, -0.1) is 0 Å². The highest BCUT2D eigenvalue weighted by Gasteiger charge is 2.26. The minimum absolute atomic E-state index is 0.127. The van der Waals surface area contributed by atoms with Gasteiger partial charge in [-0.25, -0.2) is 0 Å². The zero-order valence-electron chi connectivity index (χ0n) is 13.7. The molecule has 1 atom stereocenters. The summed E-state index contributed by atoms with van der Waals surface area (Å²) in [6, 6.07) is 1.69. The second-order valence-electron chi connectivity index (χ2n) is 6.28. The van der Waals surface area contributed by atoms with Crippen LogP contribution in [0.1, 0.15) is 46.9 Å². The first-order chi connectivity index (χ1) is 11.5. The largest absolute Gasteiger partial charge is 0.364 e. The van der Waals surface area contributed by atoms with Crippen molar-refractivity contribution >= 4 is 11.8 Å². The number of nitrogens with two attached hydrogens (primary N) is 1. The average Bonchev–Trinajstić information content (AvgIpc) is 3.22. The Morgan fingerprint density at radius 1 is 1.46 bits per heavy atom. The molecule has 128 valence electrons. The number of nitrogens with one attached hydrogen (secondary N) is 1. The normalized spacial score (nSPS) is 17.9. The van der Waals surface area contributed by atoms with E-state index < -0.39 is 5.91 Å². The SMILES string of the molecule is Cc1cnn(CCC(=O)N2CCC[C@@H](c3cc(C(N)=O)n[nH]3)C2)c1.